The molecule has 16 nitrogen and oxygen atoms in total. The number of benzene rings is 2. The number of piperidine rings is 2. The van der Waals surface area contributed by atoms with E-state index in [-0.39, 0.29) is 42.1 Å². The molecule has 4 amide bonds. The quantitative estimate of drug-likeness (QED) is 0.211. The first-order valence-electron chi connectivity index (χ1n) is 19.6. The van der Waals surface area contributed by atoms with Gasteiger partial charge in [-0.1, -0.05) is 18.5 Å². The molecular weight excluding hydrogens is 766 g/mol. The van der Waals surface area contributed by atoms with Gasteiger partial charge in [0, 0.05) is 82.5 Å². The van der Waals surface area contributed by atoms with Gasteiger partial charge in [0.15, 0.2) is 17.4 Å². The van der Waals surface area contributed by atoms with Gasteiger partial charge < -0.3 is 24.4 Å². The summed E-state index contributed by atoms with van der Waals surface area (Å²) >= 11 is 6.56. The summed E-state index contributed by atoms with van der Waals surface area (Å²) in [6.07, 6.45) is 4.10. The number of fused-ring (bicyclic) bond motifs is 2. The smallest absolute Gasteiger partial charge is 0.293 e. The number of nitrogens with one attached hydrogen (secondary N) is 2. The largest absolute Gasteiger partial charge is 0.480 e. The van der Waals surface area contributed by atoms with E-state index in [9.17, 15) is 28.8 Å². The number of Topliss-reactive ketones (excluding diaryl/α,β-unsaturated/α-hetero) is 1. The zero-order chi connectivity index (χ0) is 40.7. The maximum Gasteiger partial charge on any atom is 0.293 e. The molecule has 0 saturated carbocycles. The number of ketones is 1. The van der Waals surface area contributed by atoms with Crippen LogP contribution in [-0.2, 0) is 21.4 Å². The summed E-state index contributed by atoms with van der Waals surface area (Å²) < 4.78 is 7.06. The van der Waals surface area contributed by atoms with Gasteiger partial charge in [-0.05, 0) is 67.6 Å². The van der Waals surface area contributed by atoms with Gasteiger partial charge in [-0.15, -0.1) is 0 Å². The highest BCUT2D eigenvalue weighted by atomic mass is 35.5. The minimum atomic E-state index is -0.985. The Bertz CT molecular complexity index is 2390. The molecule has 0 radical (unpaired) electrons. The summed E-state index contributed by atoms with van der Waals surface area (Å²) in [5.74, 6) is -0.435. The van der Waals surface area contributed by atoms with E-state index in [4.69, 9.17) is 21.3 Å². The van der Waals surface area contributed by atoms with Crippen molar-refractivity contribution in [3.8, 4) is 5.75 Å². The van der Waals surface area contributed by atoms with Crippen LogP contribution in [0.15, 0.2) is 53.5 Å². The number of rotatable bonds is 11. The summed E-state index contributed by atoms with van der Waals surface area (Å²) in [6.45, 7) is 7.44. The van der Waals surface area contributed by atoms with E-state index in [1.54, 1.807) is 38.4 Å². The Kier molecular flexibility index (Phi) is 10.9. The highest BCUT2D eigenvalue weighted by molar-refractivity contribution is 6.33. The topological polar surface area (TPSA) is 179 Å². The summed E-state index contributed by atoms with van der Waals surface area (Å²) in [4.78, 5) is 92.4. The van der Waals surface area contributed by atoms with Crippen molar-refractivity contribution in [1.29, 1.82) is 0 Å². The normalized spacial score (nSPS) is 19.2. The van der Waals surface area contributed by atoms with E-state index < -0.39 is 29.7 Å². The van der Waals surface area contributed by atoms with Gasteiger partial charge in [-0.25, -0.2) is 4.98 Å². The number of hydrogen-bond donors (Lipinski definition) is 2. The summed E-state index contributed by atoms with van der Waals surface area (Å²) in [6, 6.07) is 11.5. The number of hydrogen-bond acceptors (Lipinski definition) is 13. The van der Waals surface area contributed by atoms with Gasteiger partial charge >= 0.3 is 0 Å². The minimum absolute atomic E-state index is 0.0820. The molecule has 8 rings (SSSR count). The van der Waals surface area contributed by atoms with Crippen molar-refractivity contribution in [2.24, 2.45) is 13.0 Å². The molecule has 0 aliphatic carbocycles. The van der Waals surface area contributed by atoms with Crippen LogP contribution < -0.4 is 30.7 Å². The van der Waals surface area contributed by atoms with Crippen LogP contribution in [0, 0.1) is 5.92 Å². The van der Waals surface area contributed by atoms with Crippen LogP contribution in [-0.4, -0.2) is 112 Å². The Morgan fingerprint density at radius 2 is 1.67 bits per heavy atom. The molecule has 58 heavy (non-hydrogen) atoms. The van der Waals surface area contributed by atoms with Crippen LogP contribution in [0.25, 0.3) is 10.9 Å². The molecular formula is C41H44ClN9O7. The molecule has 17 heteroatoms. The Hall–Kier alpha value is -5.87. The molecule has 2 aromatic carbocycles. The van der Waals surface area contributed by atoms with E-state index in [0.29, 0.717) is 45.9 Å². The molecule has 0 bridgehead atoms. The second kappa shape index (κ2) is 16.2. The molecule has 1 atom stereocenters. The van der Waals surface area contributed by atoms with Crippen molar-refractivity contribution in [2.75, 3.05) is 67.5 Å². The lowest BCUT2D eigenvalue weighted by atomic mass is 9.96. The van der Waals surface area contributed by atoms with Crippen molar-refractivity contribution < 1.29 is 28.7 Å². The monoisotopic (exact) mass is 809 g/mol. The average Bonchev–Trinajstić information content (AvgIpc) is 3.47. The van der Waals surface area contributed by atoms with Crippen molar-refractivity contribution in [1.82, 2.24) is 29.7 Å². The number of aromatic nitrogens is 3. The molecule has 4 aliphatic rings. The minimum Gasteiger partial charge on any atom is -0.480 e. The highest BCUT2D eigenvalue weighted by Gasteiger charge is 2.45. The fraction of sp³-hybridized carbons (Fsp3) is 0.415. The van der Waals surface area contributed by atoms with Gasteiger partial charge in [-0.2, -0.15) is 4.98 Å². The van der Waals surface area contributed by atoms with E-state index in [1.165, 1.54) is 4.57 Å². The predicted molar refractivity (Wildman–Crippen MR) is 217 cm³/mol. The number of nitrogens with zero attached hydrogens (tertiary/aromatic N) is 7. The average molecular weight is 810 g/mol. The third-order valence-electron chi connectivity index (χ3n) is 11.5. The first kappa shape index (κ1) is 39.0. The molecule has 2 aromatic heterocycles. The number of carbonyl (C=O) groups is 5. The van der Waals surface area contributed by atoms with Crippen molar-refractivity contribution in [2.45, 2.75) is 45.1 Å². The summed E-state index contributed by atoms with van der Waals surface area (Å²) in [7, 11) is 1.67. The molecule has 4 aliphatic heterocycles. The van der Waals surface area contributed by atoms with Gasteiger partial charge in [-0.3, -0.25) is 43.9 Å². The highest BCUT2D eigenvalue weighted by Crippen LogP contribution is 2.32. The number of piperazine rings is 1. The number of pyridine rings is 1. The van der Waals surface area contributed by atoms with Gasteiger partial charge in [0.25, 0.3) is 17.4 Å². The van der Waals surface area contributed by atoms with Crippen LogP contribution in [0.3, 0.4) is 0 Å². The number of anilines is 4. The van der Waals surface area contributed by atoms with E-state index >= 15 is 0 Å². The lowest BCUT2D eigenvalue weighted by Crippen LogP contribution is -2.54. The number of aryl methyl sites for hydroxylation is 1. The standard InChI is InChI=1S/C41H44ClN9O7/c1-3-28(52)23-58-34-19-25-18-26(4-7-32(25)47(2)40(34)57)44-36-31(42)21-43-41(46-36)50-12-10-24(11-13-50)22-48-14-16-49(17-15-48)27-5-6-29-30(20-27)39(56)51(38(29)55)33-8-9-35(53)45-37(33)54/h4-7,18-21,24,33H,3,8-17,22-23H2,1-2H3,(H,43,44,46)(H,45,53,54). The lowest BCUT2D eigenvalue weighted by molar-refractivity contribution is -0.136. The number of ether oxygens (including phenoxy) is 1. The number of halogens is 1. The number of amides is 4. The maximum absolute atomic E-state index is 13.3. The lowest BCUT2D eigenvalue weighted by Gasteiger charge is -2.39. The Labute approximate surface area is 339 Å². The Morgan fingerprint density at radius 1 is 0.914 bits per heavy atom. The summed E-state index contributed by atoms with van der Waals surface area (Å²) in [5.41, 5.74) is 2.54. The second-order valence-corrected chi connectivity index (χ2v) is 15.6. The van der Waals surface area contributed by atoms with Crippen LogP contribution in [0.1, 0.15) is 59.7 Å². The molecule has 2 N–H and O–H groups in total. The molecule has 4 aromatic rings. The molecule has 0 spiro atoms. The van der Waals surface area contributed by atoms with Crippen molar-refractivity contribution in [3.63, 3.8) is 0 Å². The SMILES string of the molecule is CCC(=O)COc1cc2cc(Nc3nc(N4CCC(CN5CCN(c6ccc7c(c6)C(=O)N(C6CCC(=O)NC6=O)C7=O)CC5)CC4)ncc3Cl)ccc2n(C)c1=O. The van der Waals surface area contributed by atoms with Crippen LogP contribution >= 0.6 is 11.6 Å². The fourth-order valence-corrected chi connectivity index (χ4v) is 8.29. The summed E-state index contributed by atoms with van der Waals surface area (Å²) in [5, 5.41) is 6.66. The van der Waals surface area contributed by atoms with Crippen LogP contribution in [0.5, 0.6) is 5.75 Å². The van der Waals surface area contributed by atoms with Crippen molar-refractivity contribution >= 4 is 75.1 Å². The maximum atomic E-state index is 13.3. The van der Waals surface area contributed by atoms with Crippen molar-refractivity contribution in [3.05, 3.63) is 75.2 Å². The second-order valence-electron chi connectivity index (χ2n) is 15.2. The molecule has 1 unspecified atom stereocenters. The fourth-order valence-electron chi connectivity index (χ4n) is 8.15. The van der Waals surface area contributed by atoms with Gasteiger partial charge in [0.1, 0.15) is 17.7 Å². The third-order valence-corrected chi connectivity index (χ3v) is 11.8. The molecule has 302 valence electrons. The zero-order valence-electron chi connectivity index (χ0n) is 32.3. The van der Waals surface area contributed by atoms with Gasteiger partial charge in [0.05, 0.1) is 22.8 Å². The molecule has 3 fully saturated rings. The molecule has 3 saturated heterocycles. The van der Waals surface area contributed by atoms with Gasteiger partial charge in [0.2, 0.25) is 17.8 Å². The van der Waals surface area contributed by atoms with E-state index in [2.05, 4.69) is 30.3 Å². The Balaban J connectivity index is 0.842. The van der Waals surface area contributed by atoms with Crippen LogP contribution in [0.2, 0.25) is 5.02 Å². The number of imide groups is 2. The predicted octanol–water partition coefficient (Wildman–Crippen LogP) is 3.52. The first-order valence-corrected chi connectivity index (χ1v) is 20.0. The Morgan fingerprint density at radius 3 is 2.41 bits per heavy atom. The van der Waals surface area contributed by atoms with E-state index in [1.807, 2.05) is 24.3 Å². The third kappa shape index (κ3) is 7.73. The van der Waals surface area contributed by atoms with E-state index in [0.717, 1.165) is 74.6 Å². The first-order chi connectivity index (χ1) is 28.0. The van der Waals surface area contributed by atoms with Crippen LogP contribution in [0.4, 0.5) is 23.1 Å². The zero-order valence-corrected chi connectivity index (χ0v) is 33.1. The number of carbonyl (C=O) groups excluding carboxylic acids is 5. The molecule has 6 heterocycles.